The summed E-state index contributed by atoms with van der Waals surface area (Å²) in [6.07, 6.45) is 1.51. The van der Waals surface area contributed by atoms with Gasteiger partial charge in [-0.2, -0.15) is 0 Å². The highest BCUT2D eigenvalue weighted by atomic mass is 35.5. The third kappa shape index (κ3) is 13.5. The van der Waals surface area contributed by atoms with Crippen LogP contribution in [0.3, 0.4) is 0 Å². The van der Waals surface area contributed by atoms with Gasteiger partial charge in [0.05, 0.1) is 52.5 Å². The van der Waals surface area contributed by atoms with Gasteiger partial charge in [0.2, 0.25) is 23.6 Å². The molecule has 16 heteroatoms. The molecule has 0 radical (unpaired) electrons. The maximum absolute atomic E-state index is 13.0. The molecule has 0 aromatic heterocycles. The number of phenolic OH excluding ortho intramolecular Hbond substituents is 1. The molecule has 2 fully saturated rings. The maximum atomic E-state index is 13.0. The van der Waals surface area contributed by atoms with E-state index in [2.05, 4.69) is 39.8 Å². The van der Waals surface area contributed by atoms with Gasteiger partial charge in [0.25, 0.3) is 5.91 Å². The second-order valence-corrected chi connectivity index (χ2v) is 16.8. The molecule has 3 N–H and O–H groups in total. The summed E-state index contributed by atoms with van der Waals surface area (Å²) >= 11 is 6.31. The summed E-state index contributed by atoms with van der Waals surface area (Å²) in [7, 11) is 0. The van der Waals surface area contributed by atoms with E-state index in [1.165, 1.54) is 4.90 Å². The number of rotatable bonds is 23. The van der Waals surface area contributed by atoms with Crippen LogP contribution in [0, 0.1) is 0 Å². The molecule has 4 aromatic rings. The van der Waals surface area contributed by atoms with Crippen molar-refractivity contribution < 1.29 is 48.0 Å². The average Bonchev–Trinajstić information content (AvgIpc) is 3.68. The normalized spacial score (nSPS) is 16.7. The number of hydrogen-bond donors (Lipinski definition) is 3. The Hall–Kier alpha value is -6.10. The lowest BCUT2D eigenvalue weighted by atomic mass is 9.88. The fourth-order valence-corrected chi connectivity index (χ4v) is 8.65. The summed E-state index contributed by atoms with van der Waals surface area (Å²) in [5.41, 5.74) is 6.87. The van der Waals surface area contributed by atoms with E-state index in [0.717, 1.165) is 53.2 Å². The molecule has 2 saturated heterocycles. The third-order valence-corrected chi connectivity index (χ3v) is 12.2. The van der Waals surface area contributed by atoms with Crippen molar-refractivity contribution in [2.24, 2.45) is 0 Å². The largest absolute Gasteiger partial charge is 0.508 e. The Morgan fingerprint density at radius 1 is 0.716 bits per heavy atom. The summed E-state index contributed by atoms with van der Waals surface area (Å²) in [6, 6.07) is 29.9. The lowest BCUT2D eigenvalue weighted by molar-refractivity contribution is -0.137. The molecule has 0 aliphatic carbocycles. The van der Waals surface area contributed by atoms with Gasteiger partial charge in [0.15, 0.2) is 0 Å². The predicted octanol–water partition coefficient (Wildman–Crippen LogP) is 5.73. The van der Waals surface area contributed by atoms with E-state index >= 15 is 0 Å². The van der Waals surface area contributed by atoms with Gasteiger partial charge in [0.1, 0.15) is 24.1 Å². The first-order chi connectivity index (χ1) is 32.7. The standard InChI is InChI=1S/C51H58ClN5O10/c52-22-19-41(36-5-2-1-3-6-36)49(37-9-13-39(58)14-10-37)38-11-15-40(16-12-38)67-30-27-55-23-25-56(26-24-55)48(61)21-29-65-32-34-66-33-31-64-28-20-47(60)53-44-8-4-7-42-43(44)35-57(51(42)63)45-17-18-46(59)54-50(45)62/h1-16,45,58H,17-35H2,(H,53,60)(H,54,59,62). The zero-order chi connectivity index (χ0) is 47.0. The number of allylic oxidation sites excluding steroid dienone is 1. The van der Waals surface area contributed by atoms with Crippen LogP contribution in [0.5, 0.6) is 11.5 Å². The molecular weight excluding hydrogens is 878 g/mol. The average molecular weight is 937 g/mol. The summed E-state index contributed by atoms with van der Waals surface area (Å²) < 4.78 is 22.9. The minimum atomic E-state index is -0.733. The molecule has 3 aliphatic rings. The molecule has 4 aromatic carbocycles. The summed E-state index contributed by atoms with van der Waals surface area (Å²) in [5.74, 6) is 0.108. The first-order valence-electron chi connectivity index (χ1n) is 22.9. The Morgan fingerprint density at radius 2 is 1.37 bits per heavy atom. The molecule has 354 valence electrons. The minimum Gasteiger partial charge on any atom is -0.508 e. The molecule has 0 bridgehead atoms. The fraction of sp³-hybridized carbons (Fsp3) is 0.392. The number of ether oxygens (including phenoxy) is 4. The number of piperidine rings is 1. The molecule has 3 heterocycles. The number of phenols is 1. The summed E-state index contributed by atoms with van der Waals surface area (Å²) in [4.78, 5) is 68.2. The van der Waals surface area contributed by atoms with Crippen molar-refractivity contribution in [1.29, 1.82) is 0 Å². The van der Waals surface area contributed by atoms with Crippen LogP contribution < -0.4 is 15.4 Å². The van der Waals surface area contributed by atoms with E-state index < -0.39 is 11.9 Å². The predicted molar refractivity (Wildman–Crippen MR) is 254 cm³/mol. The van der Waals surface area contributed by atoms with Crippen LogP contribution in [0.1, 0.15) is 64.7 Å². The SMILES string of the molecule is O=C1CCC(N2Cc3c(NC(=O)CCOCCOCCOCCC(=O)N4CCN(CCOc5ccc(C(=C(CCCl)c6ccccc6)c6ccc(O)cc6)cc5)CC4)cccc3C2=O)C(=O)N1. The zero-order valence-electron chi connectivity index (χ0n) is 37.6. The molecule has 5 amide bonds. The molecule has 15 nitrogen and oxygen atoms in total. The topological polar surface area (TPSA) is 176 Å². The molecule has 1 unspecified atom stereocenters. The second-order valence-electron chi connectivity index (χ2n) is 16.4. The van der Waals surface area contributed by atoms with Crippen molar-refractivity contribution >= 4 is 58.0 Å². The Kier molecular flexibility index (Phi) is 17.9. The van der Waals surface area contributed by atoms with Gasteiger partial charge in [-0.15, -0.1) is 11.6 Å². The number of nitrogens with zero attached hydrogens (tertiary/aromatic N) is 3. The van der Waals surface area contributed by atoms with E-state index in [9.17, 15) is 29.1 Å². The molecular formula is C51H58ClN5O10. The smallest absolute Gasteiger partial charge is 0.255 e. The number of aromatic hydroxyl groups is 1. The van der Waals surface area contributed by atoms with Crippen molar-refractivity contribution in [3.63, 3.8) is 0 Å². The van der Waals surface area contributed by atoms with Gasteiger partial charge in [-0.25, -0.2) is 0 Å². The Labute approximate surface area is 395 Å². The van der Waals surface area contributed by atoms with E-state index in [1.54, 1.807) is 30.3 Å². The van der Waals surface area contributed by atoms with Crippen LogP contribution >= 0.6 is 11.6 Å². The molecule has 7 rings (SSSR count). The Balaban J connectivity index is 0.721. The molecule has 0 spiro atoms. The lowest BCUT2D eigenvalue weighted by Crippen LogP contribution is -2.52. The fourth-order valence-electron chi connectivity index (χ4n) is 8.46. The quantitative estimate of drug-likeness (QED) is 0.0359. The monoisotopic (exact) mass is 935 g/mol. The molecule has 1 atom stereocenters. The number of benzene rings is 4. The molecule has 0 saturated carbocycles. The Morgan fingerprint density at radius 3 is 2.04 bits per heavy atom. The van der Waals surface area contributed by atoms with Crippen molar-refractivity contribution in [3.8, 4) is 11.5 Å². The van der Waals surface area contributed by atoms with E-state index in [-0.39, 0.29) is 61.8 Å². The van der Waals surface area contributed by atoms with Gasteiger partial charge >= 0.3 is 0 Å². The number of carbonyl (C=O) groups is 5. The highest BCUT2D eigenvalue weighted by Gasteiger charge is 2.40. The van der Waals surface area contributed by atoms with Gasteiger partial charge < -0.3 is 39.2 Å². The van der Waals surface area contributed by atoms with Crippen molar-refractivity contribution in [3.05, 3.63) is 125 Å². The van der Waals surface area contributed by atoms with Crippen LogP contribution in [0.4, 0.5) is 5.69 Å². The second kappa shape index (κ2) is 24.6. The number of nitrogens with one attached hydrogen (secondary N) is 2. The number of carbonyl (C=O) groups excluding carboxylic acids is 5. The van der Waals surface area contributed by atoms with Crippen LogP contribution in [-0.2, 0) is 39.9 Å². The van der Waals surface area contributed by atoms with Gasteiger partial charge in [-0.3, -0.25) is 34.2 Å². The number of amides is 5. The van der Waals surface area contributed by atoms with E-state index in [0.29, 0.717) is 88.3 Å². The van der Waals surface area contributed by atoms with Crippen LogP contribution in [-0.4, -0.2) is 140 Å². The number of imide groups is 1. The van der Waals surface area contributed by atoms with E-state index in [4.69, 9.17) is 30.5 Å². The number of piperazine rings is 1. The maximum Gasteiger partial charge on any atom is 0.255 e. The highest BCUT2D eigenvalue weighted by Crippen LogP contribution is 2.36. The lowest BCUT2D eigenvalue weighted by Gasteiger charge is -2.34. The minimum absolute atomic E-state index is 0.0656. The zero-order valence-corrected chi connectivity index (χ0v) is 38.3. The van der Waals surface area contributed by atoms with Crippen LogP contribution in [0.25, 0.3) is 11.1 Å². The van der Waals surface area contributed by atoms with Crippen LogP contribution in [0.2, 0.25) is 0 Å². The number of fused-ring (bicyclic) bond motifs is 1. The number of anilines is 1. The van der Waals surface area contributed by atoms with Gasteiger partial charge in [0, 0.05) is 68.4 Å². The molecule has 3 aliphatic heterocycles. The first kappa shape index (κ1) is 48.8. The van der Waals surface area contributed by atoms with Gasteiger partial charge in [-0.05, 0) is 77.1 Å². The number of hydrogen-bond acceptors (Lipinski definition) is 11. The Bertz CT molecular complexity index is 2350. The van der Waals surface area contributed by atoms with Crippen LogP contribution in [0.15, 0.2) is 97.1 Å². The highest BCUT2D eigenvalue weighted by molar-refractivity contribution is 6.18. The van der Waals surface area contributed by atoms with E-state index in [1.807, 2.05) is 47.4 Å². The summed E-state index contributed by atoms with van der Waals surface area (Å²) in [5, 5.41) is 15.1. The number of halogens is 1. The van der Waals surface area contributed by atoms with Crippen molar-refractivity contribution in [2.45, 2.75) is 44.7 Å². The molecule has 67 heavy (non-hydrogen) atoms. The third-order valence-electron chi connectivity index (χ3n) is 12.0. The van der Waals surface area contributed by atoms with Crippen molar-refractivity contribution in [1.82, 2.24) is 20.0 Å². The number of alkyl halides is 1. The van der Waals surface area contributed by atoms with Crippen molar-refractivity contribution in [2.75, 3.05) is 90.2 Å². The summed E-state index contributed by atoms with van der Waals surface area (Å²) in [6.45, 7) is 6.05. The first-order valence-corrected chi connectivity index (χ1v) is 23.4. The van der Waals surface area contributed by atoms with Gasteiger partial charge in [-0.1, -0.05) is 60.7 Å².